The summed E-state index contributed by atoms with van der Waals surface area (Å²) in [6.07, 6.45) is 8.23. The van der Waals surface area contributed by atoms with Gasteiger partial charge in [0.1, 0.15) is 0 Å². The van der Waals surface area contributed by atoms with E-state index in [9.17, 15) is 8.78 Å². The first-order valence-corrected chi connectivity index (χ1v) is 11.0. The number of rotatable bonds is 8. The van der Waals surface area contributed by atoms with E-state index in [0.29, 0.717) is 30.6 Å². The summed E-state index contributed by atoms with van der Waals surface area (Å²) in [4.78, 5) is 0. The van der Waals surface area contributed by atoms with E-state index in [2.05, 4.69) is 6.92 Å². The molecule has 1 saturated heterocycles. The van der Waals surface area contributed by atoms with Crippen LogP contribution < -0.4 is 4.74 Å². The number of hydrogen-bond donors (Lipinski definition) is 0. The van der Waals surface area contributed by atoms with Gasteiger partial charge < -0.3 is 14.2 Å². The Morgan fingerprint density at radius 2 is 1.71 bits per heavy atom. The van der Waals surface area contributed by atoms with Crippen molar-refractivity contribution < 1.29 is 23.0 Å². The Hall–Kier alpha value is -1.20. The molecule has 1 aliphatic carbocycles. The van der Waals surface area contributed by atoms with Gasteiger partial charge in [-0.15, -0.1) is 0 Å². The van der Waals surface area contributed by atoms with E-state index in [1.165, 1.54) is 19.3 Å². The van der Waals surface area contributed by atoms with E-state index >= 15 is 0 Å². The molecular formula is C23H34F2O3. The minimum Gasteiger partial charge on any atom is -0.491 e. The van der Waals surface area contributed by atoms with Gasteiger partial charge in [-0.25, -0.2) is 4.39 Å². The van der Waals surface area contributed by atoms with Crippen molar-refractivity contribution in [3.63, 3.8) is 0 Å². The molecule has 0 spiro atoms. The molecule has 158 valence electrons. The highest BCUT2D eigenvalue weighted by molar-refractivity contribution is 5.33. The van der Waals surface area contributed by atoms with Crippen molar-refractivity contribution in [2.24, 2.45) is 11.8 Å². The zero-order valence-corrected chi connectivity index (χ0v) is 17.2. The van der Waals surface area contributed by atoms with Crippen LogP contribution in [0.4, 0.5) is 8.78 Å². The molecule has 2 unspecified atom stereocenters. The minimum absolute atomic E-state index is 0.000469. The van der Waals surface area contributed by atoms with Crippen LogP contribution in [0.25, 0.3) is 0 Å². The Bertz CT molecular complexity index is 606. The smallest absolute Gasteiger partial charge is 0.200 e. The lowest BCUT2D eigenvalue weighted by Crippen LogP contribution is -2.30. The van der Waals surface area contributed by atoms with Gasteiger partial charge in [-0.1, -0.05) is 19.4 Å². The zero-order chi connectivity index (χ0) is 19.9. The van der Waals surface area contributed by atoms with E-state index in [1.807, 2.05) is 0 Å². The highest BCUT2D eigenvalue weighted by Gasteiger charge is 2.28. The molecule has 1 heterocycles. The second-order valence-corrected chi connectivity index (χ2v) is 8.26. The van der Waals surface area contributed by atoms with Gasteiger partial charge >= 0.3 is 0 Å². The summed E-state index contributed by atoms with van der Waals surface area (Å²) in [5.74, 6) is -0.376. The zero-order valence-electron chi connectivity index (χ0n) is 17.2. The van der Waals surface area contributed by atoms with Gasteiger partial charge in [-0.3, -0.25) is 0 Å². The third-order valence-corrected chi connectivity index (χ3v) is 6.21. The van der Waals surface area contributed by atoms with Crippen LogP contribution in [0.15, 0.2) is 12.1 Å². The van der Waals surface area contributed by atoms with Crippen molar-refractivity contribution in [2.45, 2.75) is 77.4 Å². The predicted octanol–water partition coefficient (Wildman–Crippen LogP) is 6.21. The maximum Gasteiger partial charge on any atom is 0.200 e. The molecule has 0 amide bonds. The Morgan fingerprint density at radius 1 is 0.964 bits per heavy atom. The fraction of sp³-hybridized carbons (Fsp3) is 0.739. The molecule has 2 atom stereocenters. The van der Waals surface area contributed by atoms with Crippen LogP contribution in [-0.4, -0.2) is 26.1 Å². The van der Waals surface area contributed by atoms with Crippen molar-refractivity contribution in [1.29, 1.82) is 0 Å². The van der Waals surface area contributed by atoms with Crippen LogP contribution in [-0.2, 0) is 9.47 Å². The standard InChI is InChI=1S/C23H34F2O3/c1-3-5-16-8-13-21(27-14-16)28-15-17-6-9-18(10-7-17)19-11-12-20(26-4-2)23(25)22(19)24/h11-12,16-18,21H,3-10,13-15H2,1-2H3. The van der Waals surface area contributed by atoms with Crippen molar-refractivity contribution >= 4 is 0 Å². The Labute approximate surface area is 167 Å². The molecule has 1 aliphatic heterocycles. The van der Waals surface area contributed by atoms with Crippen molar-refractivity contribution in [3.8, 4) is 5.75 Å². The molecule has 0 radical (unpaired) electrons. The average molecular weight is 397 g/mol. The molecule has 3 nitrogen and oxygen atoms in total. The summed E-state index contributed by atoms with van der Waals surface area (Å²) in [7, 11) is 0. The third kappa shape index (κ3) is 5.44. The topological polar surface area (TPSA) is 27.7 Å². The van der Waals surface area contributed by atoms with Crippen molar-refractivity contribution in [3.05, 3.63) is 29.3 Å². The molecule has 5 heteroatoms. The molecule has 2 aliphatic rings. The quantitative estimate of drug-likeness (QED) is 0.523. The summed E-state index contributed by atoms with van der Waals surface area (Å²) >= 11 is 0. The molecule has 28 heavy (non-hydrogen) atoms. The number of halogens is 2. The fourth-order valence-electron chi connectivity index (χ4n) is 4.56. The summed E-state index contributed by atoms with van der Waals surface area (Å²) in [6.45, 7) is 5.82. The normalized spacial score (nSPS) is 28.3. The number of ether oxygens (including phenoxy) is 3. The summed E-state index contributed by atoms with van der Waals surface area (Å²) in [6, 6.07) is 3.24. The number of hydrogen-bond acceptors (Lipinski definition) is 3. The van der Waals surface area contributed by atoms with Crippen LogP contribution in [0.2, 0.25) is 0 Å². The predicted molar refractivity (Wildman–Crippen MR) is 106 cm³/mol. The Morgan fingerprint density at radius 3 is 2.36 bits per heavy atom. The lowest BCUT2D eigenvalue weighted by atomic mass is 9.79. The van der Waals surface area contributed by atoms with Crippen molar-refractivity contribution in [1.82, 2.24) is 0 Å². The highest BCUT2D eigenvalue weighted by Crippen LogP contribution is 2.39. The lowest BCUT2D eigenvalue weighted by molar-refractivity contribution is -0.183. The van der Waals surface area contributed by atoms with Gasteiger partial charge in [-0.05, 0) is 81.3 Å². The van der Waals surface area contributed by atoms with Gasteiger partial charge in [0.15, 0.2) is 17.9 Å². The largest absolute Gasteiger partial charge is 0.491 e. The lowest BCUT2D eigenvalue weighted by Gasteiger charge is -2.32. The van der Waals surface area contributed by atoms with E-state index < -0.39 is 11.6 Å². The second-order valence-electron chi connectivity index (χ2n) is 8.26. The first-order valence-electron chi connectivity index (χ1n) is 11.0. The van der Waals surface area contributed by atoms with E-state index in [0.717, 1.165) is 38.7 Å². The average Bonchev–Trinajstić information content (AvgIpc) is 2.72. The molecule has 1 saturated carbocycles. The van der Waals surface area contributed by atoms with Crippen LogP contribution >= 0.6 is 0 Å². The SMILES string of the molecule is CCCC1CCC(OCC2CCC(c3ccc(OCC)c(F)c3F)CC2)OC1. The van der Waals surface area contributed by atoms with Crippen LogP contribution in [0.5, 0.6) is 5.75 Å². The maximum absolute atomic E-state index is 14.4. The second kappa shape index (κ2) is 10.5. The van der Waals surface area contributed by atoms with E-state index in [1.54, 1.807) is 19.1 Å². The van der Waals surface area contributed by atoms with Gasteiger partial charge in [0.25, 0.3) is 0 Å². The summed E-state index contributed by atoms with van der Waals surface area (Å²) in [5.41, 5.74) is 0.484. The van der Waals surface area contributed by atoms with E-state index in [4.69, 9.17) is 14.2 Å². The molecule has 3 rings (SSSR count). The van der Waals surface area contributed by atoms with Gasteiger partial charge in [0.05, 0.1) is 19.8 Å². The molecule has 1 aromatic rings. The van der Waals surface area contributed by atoms with E-state index in [-0.39, 0.29) is 18.0 Å². The monoisotopic (exact) mass is 396 g/mol. The number of benzene rings is 1. The summed E-state index contributed by atoms with van der Waals surface area (Å²) < 4.78 is 45.6. The first kappa shape index (κ1) is 21.5. The van der Waals surface area contributed by atoms with Crippen LogP contribution in [0, 0.1) is 23.5 Å². The summed E-state index contributed by atoms with van der Waals surface area (Å²) in [5, 5.41) is 0. The molecular weight excluding hydrogens is 362 g/mol. The molecule has 1 aromatic carbocycles. The van der Waals surface area contributed by atoms with Gasteiger partial charge in [0.2, 0.25) is 5.82 Å². The molecule has 0 N–H and O–H groups in total. The molecule has 2 fully saturated rings. The van der Waals surface area contributed by atoms with Gasteiger partial charge in [-0.2, -0.15) is 4.39 Å². The Balaban J connectivity index is 1.43. The van der Waals surface area contributed by atoms with Gasteiger partial charge in [0, 0.05) is 0 Å². The van der Waals surface area contributed by atoms with Crippen LogP contribution in [0.1, 0.15) is 76.7 Å². The first-order chi connectivity index (χ1) is 13.6. The highest BCUT2D eigenvalue weighted by atomic mass is 19.2. The fourth-order valence-corrected chi connectivity index (χ4v) is 4.56. The third-order valence-electron chi connectivity index (χ3n) is 6.21. The minimum atomic E-state index is -0.861. The Kier molecular flexibility index (Phi) is 8.10. The van der Waals surface area contributed by atoms with Crippen molar-refractivity contribution in [2.75, 3.05) is 19.8 Å². The molecule has 0 aromatic heterocycles. The van der Waals surface area contributed by atoms with Crippen LogP contribution in [0.3, 0.4) is 0 Å². The maximum atomic E-state index is 14.4. The molecule has 0 bridgehead atoms.